The summed E-state index contributed by atoms with van der Waals surface area (Å²) in [5.74, 6) is -0.283. The van der Waals surface area contributed by atoms with Crippen LogP contribution in [0.2, 0.25) is 5.02 Å². The van der Waals surface area contributed by atoms with Crippen LogP contribution in [-0.2, 0) is 9.59 Å². The van der Waals surface area contributed by atoms with Crippen LogP contribution in [0.25, 0.3) is 11.0 Å². The Kier molecular flexibility index (Phi) is 13.0. The number of aromatic amines is 1. The van der Waals surface area contributed by atoms with Gasteiger partial charge in [0.1, 0.15) is 35.3 Å². The van der Waals surface area contributed by atoms with E-state index in [1.807, 2.05) is 36.4 Å². The Hall–Kier alpha value is -6.16. The largest absolute Gasteiger partial charge is 0.457 e. The molecular weight excluding hydrogens is 834 g/mol. The molecule has 3 fully saturated rings. The van der Waals surface area contributed by atoms with Crippen LogP contribution < -0.4 is 20.3 Å². The van der Waals surface area contributed by atoms with E-state index in [9.17, 15) is 24.0 Å². The summed E-state index contributed by atoms with van der Waals surface area (Å²) >= 11 is 6.63. The molecule has 0 saturated carbocycles. The SMILES string of the molecule is O=C1CCC(N2C(=O)c3ccc(N4CCN(CCCCCCCN5CCC(Nc6ncnc7[nH]cc(C(=O)c8ccc(Oc9ccccc9)cc8Cl)c67)CC5)CC4)cc3C2=O)C(=O)N1. The maximum absolute atomic E-state index is 13.8. The molecule has 3 N–H and O–H groups in total. The Morgan fingerprint density at radius 3 is 2.20 bits per heavy atom. The number of carbonyl (C=O) groups is 5. The lowest BCUT2D eigenvalue weighted by atomic mass is 10.0. The zero-order valence-electron chi connectivity index (χ0n) is 35.7. The van der Waals surface area contributed by atoms with Crippen molar-refractivity contribution in [3.8, 4) is 11.5 Å². The third kappa shape index (κ3) is 9.37. The first-order valence-electron chi connectivity index (χ1n) is 22.4. The van der Waals surface area contributed by atoms with E-state index in [0.29, 0.717) is 55.6 Å². The van der Waals surface area contributed by atoms with E-state index in [0.717, 1.165) is 82.2 Å². The summed E-state index contributed by atoms with van der Waals surface area (Å²) in [5, 5.41) is 6.84. The van der Waals surface area contributed by atoms with Crippen LogP contribution in [0.3, 0.4) is 0 Å². The van der Waals surface area contributed by atoms with Crippen LogP contribution in [0.5, 0.6) is 11.5 Å². The first-order valence-corrected chi connectivity index (χ1v) is 22.8. The molecule has 0 radical (unpaired) electrons. The van der Waals surface area contributed by atoms with Gasteiger partial charge in [-0.15, -0.1) is 0 Å². The third-order valence-electron chi connectivity index (χ3n) is 12.9. The summed E-state index contributed by atoms with van der Waals surface area (Å²) in [4.78, 5) is 84.7. The average Bonchev–Trinajstić information content (AvgIpc) is 3.85. The fourth-order valence-corrected chi connectivity index (χ4v) is 9.60. The molecule has 0 bridgehead atoms. The predicted molar refractivity (Wildman–Crippen MR) is 243 cm³/mol. The summed E-state index contributed by atoms with van der Waals surface area (Å²) in [6, 6.07) is 19.1. The molecule has 3 saturated heterocycles. The minimum Gasteiger partial charge on any atom is -0.457 e. The maximum atomic E-state index is 13.8. The number of piperidine rings is 2. The molecule has 1 atom stereocenters. The van der Waals surface area contributed by atoms with Gasteiger partial charge < -0.3 is 24.8 Å². The molecule has 4 aliphatic rings. The second-order valence-electron chi connectivity index (χ2n) is 17.1. The highest BCUT2D eigenvalue weighted by molar-refractivity contribution is 6.36. The minimum atomic E-state index is -0.963. The first kappa shape index (κ1) is 43.1. The van der Waals surface area contributed by atoms with Crippen LogP contribution in [-0.4, -0.2) is 124 Å². The van der Waals surface area contributed by atoms with Crippen molar-refractivity contribution in [2.24, 2.45) is 0 Å². The van der Waals surface area contributed by atoms with Gasteiger partial charge >= 0.3 is 0 Å². The van der Waals surface area contributed by atoms with Gasteiger partial charge in [0.2, 0.25) is 11.8 Å². The van der Waals surface area contributed by atoms with Gasteiger partial charge in [-0.1, -0.05) is 49.1 Å². The number of aromatic nitrogens is 3. The zero-order valence-corrected chi connectivity index (χ0v) is 36.4. The number of fused-ring (bicyclic) bond motifs is 2. The van der Waals surface area contributed by atoms with Gasteiger partial charge in [0, 0.05) is 75.2 Å². The number of H-pyrrole nitrogens is 1. The molecule has 64 heavy (non-hydrogen) atoms. The number of nitrogens with one attached hydrogen (secondary N) is 3. The number of rotatable bonds is 16. The molecule has 4 amide bonds. The number of carbonyl (C=O) groups excluding carboxylic acids is 5. The van der Waals surface area contributed by atoms with E-state index >= 15 is 0 Å². The van der Waals surface area contributed by atoms with Gasteiger partial charge in [-0.25, -0.2) is 9.97 Å². The molecule has 0 aliphatic carbocycles. The molecule has 5 aromatic rings. The lowest BCUT2D eigenvalue weighted by Gasteiger charge is -2.36. The number of anilines is 2. The zero-order chi connectivity index (χ0) is 44.2. The molecule has 2 aromatic heterocycles. The van der Waals surface area contributed by atoms with Crippen molar-refractivity contribution < 1.29 is 28.7 Å². The molecule has 3 aromatic carbocycles. The maximum Gasteiger partial charge on any atom is 0.262 e. The van der Waals surface area contributed by atoms with Crippen molar-refractivity contribution >= 4 is 63.6 Å². The average molecular weight is 886 g/mol. The summed E-state index contributed by atoms with van der Waals surface area (Å²) in [6.45, 7) is 7.69. The van der Waals surface area contributed by atoms with E-state index in [1.165, 1.54) is 32.0 Å². The van der Waals surface area contributed by atoms with Crippen LogP contribution in [0.1, 0.15) is 94.4 Å². The van der Waals surface area contributed by atoms with E-state index in [2.05, 4.69) is 40.3 Å². The van der Waals surface area contributed by atoms with E-state index < -0.39 is 23.8 Å². The van der Waals surface area contributed by atoms with Gasteiger partial charge in [0.25, 0.3) is 11.8 Å². The predicted octanol–water partition coefficient (Wildman–Crippen LogP) is 6.68. The normalized spacial score (nSPS) is 18.7. The number of halogens is 1. The fraction of sp³-hybridized carbons (Fsp3) is 0.396. The molecule has 15 nitrogen and oxygen atoms in total. The topological polar surface area (TPSA) is 173 Å². The van der Waals surface area contributed by atoms with E-state index in [1.54, 1.807) is 36.5 Å². The molecule has 16 heteroatoms. The third-order valence-corrected chi connectivity index (χ3v) is 13.2. The van der Waals surface area contributed by atoms with E-state index in [4.69, 9.17) is 16.3 Å². The molecule has 4 aliphatic heterocycles. The second-order valence-corrected chi connectivity index (χ2v) is 17.5. The van der Waals surface area contributed by atoms with Crippen molar-refractivity contribution in [1.82, 2.24) is 35.0 Å². The summed E-state index contributed by atoms with van der Waals surface area (Å²) in [7, 11) is 0. The van der Waals surface area contributed by atoms with Gasteiger partial charge in [-0.3, -0.25) is 39.1 Å². The number of unbranched alkanes of at least 4 members (excludes halogenated alkanes) is 4. The number of benzene rings is 3. The van der Waals surface area contributed by atoms with Crippen LogP contribution in [0, 0.1) is 0 Å². The summed E-state index contributed by atoms with van der Waals surface area (Å²) in [5.41, 5.74) is 2.96. The van der Waals surface area contributed by atoms with Gasteiger partial charge in [-0.2, -0.15) is 0 Å². The van der Waals surface area contributed by atoms with Crippen molar-refractivity contribution in [3.05, 3.63) is 107 Å². The first-order chi connectivity index (χ1) is 31.2. The Morgan fingerprint density at radius 2 is 1.47 bits per heavy atom. The monoisotopic (exact) mass is 885 g/mol. The van der Waals surface area contributed by atoms with Crippen LogP contribution >= 0.6 is 11.6 Å². The number of amides is 4. The number of piperazine rings is 1. The highest BCUT2D eigenvalue weighted by Crippen LogP contribution is 2.33. The quantitative estimate of drug-likeness (QED) is 0.0546. The molecule has 332 valence electrons. The molecular formula is C48H52ClN9O6. The number of likely N-dealkylation sites (tertiary alicyclic amines) is 1. The Labute approximate surface area is 376 Å². The van der Waals surface area contributed by atoms with E-state index in [-0.39, 0.29) is 30.6 Å². The number of hydrogen-bond acceptors (Lipinski definition) is 12. The highest BCUT2D eigenvalue weighted by atomic mass is 35.5. The number of imide groups is 2. The highest BCUT2D eigenvalue weighted by Gasteiger charge is 2.45. The molecule has 1 unspecified atom stereocenters. The molecule has 9 rings (SSSR count). The minimum absolute atomic E-state index is 0.0984. The fourth-order valence-electron chi connectivity index (χ4n) is 9.35. The van der Waals surface area contributed by atoms with Crippen molar-refractivity contribution in [1.29, 1.82) is 0 Å². The van der Waals surface area contributed by atoms with Crippen molar-refractivity contribution in [2.75, 3.05) is 62.6 Å². The van der Waals surface area contributed by atoms with Crippen LogP contribution in [0.4, 0.5) is 11.5 Å². The lowest BCUT2D eigenvalue weighted by molar-refractivity contribution is -0.136. The molecule has 0 spiro atoms. The lowest BCUT2D eigenvalue weighted by Crippen LogP contribution is -2.54. The summed E-state index contributed by atoms with van der Waals surface area (Å²) in [6.07, 6.45) is 11.4. The van der Waals surface area contributed by atoms with Gasteiger partial charge in [0.05, 0.1) is 27.1 Å². The number of ketones is 1. The Morgan fingerprint density at radius 1 is 0.750 bits per heavy atom. The Balaban J connectivity index is 0.668. The van der Waals surface area contributed by atoms with Crippen LogP contribution in [0.15, 0.2) is 79.3 Å². The van der Waals surface area contributed by atoms with Gasteiger partial charge in [-0.05, 0) is 87.7 Å². The molecule has 6 heterocycles. The summed E-state index contributed by atoms with van der Waals surface area (Å²) < 4.78 is 5.90. The number of ether oxygens (including phenoxy) is 1. The number of hydrogen-bond donors (Lipinski definition) is 3. The number of nitrogens with zero attached hydrogens (tertiary/aromatic N) is 6. The van der Waals surface area contributed by atoms with Gasteiger partial charge in [0.15, 0.2) is 5.78 Å². The number of para-hydroxylation sites is 1. The smallest absolute Gasteiger partial charge is 0.262 e. The van der Waals surface area contributed by atoms with Crippen molar-refractivity contribution in [2.45, 2.75) is 69.9 Å². The second kappa shape index (κ2) is 19.3. The Bertz CT molecular complexity index is 2550. The van der Waals surface area contributed by atoms with Crippen molar-refractivity contribution in [3.63, 3.8) is 0 Å². The standard InChI is InChI=1S/C48H52ClN9O6/c49-39-28-34(64-33-9-5-4-6-10-33)12-14-36(39)43(60)38-29-50-44-42(38)45(52-30-51-44)53-31-17-21-55(22-18-31)19-7-2-1-3-8-20-56-23-25-57(26-24-56)32-11-13-35-37(27-32)48(63)58(47(35)62)40-15-16-41(59)54-46(40)61/h4-6,9-14,27-31,40H,1-3,7-8,15-26H2,(H,54,59,61)(H2,50,51,52,53).